The molecule has 0 spiro atoms. The maximum absolute atomic E-state index is 12.1. The third-order valence-electron chi connectivity index (χ3n) is 4.56. The molecule has 1 amide bonds. The van der Waals surface area contributed by atoms with Crippen molar-refractivity contribution in [3.05, 3.63) is 80.8 Å². The molecule has 3 rings (SSSR count). The van der Waals surface area contributed by atoms with E-state index in [0.29, 0.717) is 5.56 Å². The summed E-state index contributed by atoms with van der Waals surface area (Å²) in [6.07, 6.45) is 4.80. The van der Waals surface area contributed by atoms with Gasteiger partial charge < -0.3 is 4.57 Å². The lowest BCUT2D eigenvalue weighted by Gasteiger charge is -2.15. The number of halogens is 1. The molecular formula is C21H21BrN4O. The second kappa shape index (κ2) is 7.88. The second-order valence-corrected chi connectivity index (χ2v) is 7.21. The highest BCUT2D eigenvalue weighted by Gasteiger charge is 2.18. The molecule has 2 heterocycles. The number of aromatic nitrogens is 2. The van der Waals surface area contributed by atoms with Gasteiger partial charge in [-0.05, 0) is 66.9 Å². The molecule has 138 valence electrons. The highest BCUT2D eigenvalue weighted by Crippen LogP contribution is 2.32. The summed E-state index contributed by atoms with van der Waals surface area (Å²) >= 11 is 3.68. The molecule has 0 aliphatic rings. The van der Waals surface area contributed by atoms with Gasteiger partial charge in [0.1, 0.15) is 0 Å². The summed E-state index contributed by atoms with van der Waals surface area (Å²) in [4.78, 5) is 16.0. The fraction of sp³-hybridized carbons (Fsp3) is 0.190. The molecule has 0 fully saturated rings. The summed E-state index contributed by atoms with van der Waals surface area (Å²) in [6, 6.07) is 9.69. The highest BCUT2D eigenvalue weighted by molar-refractivity contribution is 9.10. The van der Waals surface area contributed by atoms with Crippen LogP contribution >= 0.6 is 15.9 Å². The number of hydrazone groups is 1. The van der Waals surface area contributed by atoms with E-state index in [2.05, 4.69) is 75.0 Å². The fourth-order valence-corrected chi connectivity index (χ4v) is 3.75. The van der Waals surface area contributed by atoms with Gasteiger partial charge in [0, 0.05) is 33.8 Å². The van der Waals surface area contributed by atoms with Crippen molar-refractivity contribution in [1.82, 2.24) is 15.0 Å². The number of para-hydroxylation sites is 1. The first kappa shape index (κ1) is 19.0. The molecule has 6 heteroatoms. The van der Waals surface area contributed by atoms with Crippen LogP contribution < -0.4 is 5.43 Å². The first-order chi connectivity index (χ1) is 12.9. The Morgan fingerprint density at radius 1 is 1.11 bits per heavy atom. The normalized spacial score (nSPS) is 11.1. The number of hydrogen-bond donors (Lipinski definition) is 1. The van der Waals surface area contributed by atoms with E-state index >= 15 is 0 Å². The quantitative estimate of drug-likeness (QED) is 0.490. The van der Waals surface area contributed by atoms with Crippen LogP contribution in [0, 0.1) is 27.7 Å². The minimum Gasteiger partial charge on any atom is -0.316 e. The minimum atomic E-state index is -0.293. The number of hydrogen-bond acceptors (Lipinski definition) is 3. The number of carbonyl (C=O) groups is 1. The average Bonchev–Trinajstić information content (AvgIpc) is 2.86. The summed E-state index contributed by atoms with van der Waals surface area (Å²) in [5.41, 5.74) is 9.68. The number of rotatable bonds is 4. The fourth-order valence-electron chi connectivity index (χ4n) is 3.18. The standard InChI is InChI=1S/C21H21BrN4O/c1-13-7-5-8-14(2)20(13)26-15(3)18(19(22)16(26)4)12-24-25-21(27)17-9-6-10-23-11-17/h5-12H,1-4H3,(H,25,27)/b24-12-. The van der Waals surface area contributed by atoms with Gasteiger partial charge in [-0.2, -0.15) is 5.10 Å². The molecule has 0 unspecified atom stereocenters. The lowest BCUT2D eigenvalue weighted by molar-refractivity contribution is 0.0955. The van der Waals surface area contributed by atoms with Gasteiger partial charge in [-0.25, -0.2) is 5.43 Å². The van der Waals surface area contributed by atoms with Crippen molar-refractivity contribution in [2.75, 3.05) is 0 Å². The van der Waals surface area contributed by atoms with Gasteiger partial charge in [0.2, 0.25) is 0 Å². The Morgan fingerprint density at radius 2 is 1.81 bits per heavy atom. The van der Waals surface area contributed by atoms with Crippen LogP contribution in [0.5, 0.6) is 0 Å². The maximum atomic E-state index is 12.1. The zero-order valence-electron chi connectivity index (χ0n) is 15.7. The molecule has 3 aromatic rings. The molecular weight excluding hydrogens is 404 g/mol. The molecule has 0 saturated heterocycles. The Kier molecular flexibility index (Phi) is 5.56. The number of carbonyl (C=O) groups excluding carboxylic acids is 1. The number of pyridine rings is 1. The number of benzene rings is 1. The Morgan fingerprint density at radius 3 is 2.44 bits per heavy atom. The van der Waals surface area contributed by atoms with Gasteiger partial charge in [-0.1, -0.05) is 18.2 Å². The monoisotopic (exact) mass is 424 g/mol. The van der Waals surface area contributed by atoms with E-state index in [1.165, 1.54) is 23.0 Å². The minimum absolute atomic E-state index is 0.293. The SMILES string of the molecule is Cc1cccc(C)c1-n1c(C)c(Br)c(/C=N\NC(=O)c2cccnc2)c1C. The third-order valence-corrected chi connectivity index (χ3v) is 5.56. The summed E-state index contributed by atoms with van der Waals surface area (Å²) in [7, 11) is 0. The van der Waals surface area contributed by atoms with Crippen LogP contribution in [-0.4, -0.2) is 21.7 Å². The van der Waals surface area contributed by atoms with Crippen molar-refractivity contribution in [2.45, 2.75) is 27.7 Å². The zero-order chi connectivity index (χ0) is 19.6. The molecule has 5 nitrogen and oxygen atoms in total. The molecule has 0 radical (unpaired) electrons. The van der Waals surface area contributed by atoms with Crippen molar-refractivity contribution in [3.8, 4) is 5.69 Å². The lowest BCUT2D eigenvalue weighted by Crippen LogP contribution is -2.17. The van der Waals surface area contributed by atoms with Crippen molar-refractivity contribution < 1.29 is 4.79 Å². The molecule has 0 aliphatic heterocycles. The number of aryl methyl sites for hydroxylation is 2. The first-order valence-electron chi connectivity index (χ1n) is 8.59. The maximum Gasteiger partial charge on any atom is 0.272 e. The van der Waals surface area contributed by atoms with Crippen LogP contribution in [-0.2, 0) is 0 Å². The topological polar surface area (TPSA) is 59.3 Å². The summed E-state index contributed by atoms with van der Waals surface area (Å²) < 4.78 is 3.18. The molecule has 0 atom stereocenters. The van der Waals surface area contributed by atoms with Gasteiger partial charge in [0.15, 0.2) is 0 Å². The molecule has 0 saturated carbocycles. The van der Waals surface area contributed by atoms with Crippen LogP contribution in [0.3, 0.4) is 0 Å². The van der Waals surface area contributed by atoms with E-state index in [0.717, 1.165) is 21.4 Å². The van der Waals surface area contributed by atoms with E-state index in [4.69, 9.17) is 0 Å². The largest absolute Gasteiger partial charge is 0.316 e. The first-order valence-corrected chi connectivity index (χ1v) is 9.38. The van der Waals surface area contributed by atoms with E-state index in [1.54, 1.807) is 24.5 Å². The molecule has 2 aromatic heterocycles. The Labute approximate surface area is 167 Å². The van der Waals surface area contributed by atoms with Crippen LogP contribution in [0.2, 0.25) is 0 Å². The van der Waals surface area contributed by atoms with Gasteiger partial charge in [-0.15, -0.1) is 0 Å². The molecule has 27 heavy (non-hydrogen) atoms. The van der Waals surface area contributed by atoms with Gasteiger partial charge in [-0.3, -0.25) is 9.78 Å². The predicted octanol–water partition coefficient (Wildman–Crippen LogP) is 4.63. The van der Waals surface area contributed by atoms with E-state index < -0.39 is 0 Å². The predicted molar refractivity (Wildman–Crippen MR) is 112 cm³/mol. The Hall–Kier alpha value is -2.73. The van der Waals surface area contributed by atoms with Crippen molar-refractivity contribution in [3.63, 3.8) is 0 Å². The second-order valence-electron chi connectivity index (χ2n) is 6.42. The summed E-state index contributed by atoms with van der Waals surface area (Å²) in [5.74, 6) is -0.293. The molecule has 1 aromatic carbocycles. The molecule has 0 aliphatic carbocycles. The van der Waals surface area contributed by atoms with Gasteiger partial charge in [0.05, 0.1) is 17.5 Å². The highest BCUT2D eigenvalue weighted by atomic mass is 79.9. The Bertz CT molecular complexity index is 1000. The lowest BCUT2D eigenvalue weighted by atomic mass is 10.1. The van der Waals surface area contributed by atoms with Gasteiger partial charge >= 0.3 is 0 Å². The Balaban J connectivity index is 1.93. The summed E-state index contributed by atoms with van der Waals surface area (Å²) in [5, 5.41) is 4.14. The van der Waals surface area contributed by atoms with E-state index in [9.17, 15) is 4.79 Å². The average molecular weight is 425 g/mol. The van der Waals surface area contributed by atoms with Crippen molar-refractivity contribution in [2.24, 2.45) is 5.10 Å². The number of nitrogens with zero attached hydrogens (tertiary/aromatic N) is 3. The number of nitrogens with one attached hydrogen (secondary N) is 1. The van der Waals surface area contributed by atoms with Crippen molar-refractivity contribution in [1.29, 1.82) is 0 Å². The van der Waals surface area contributed by atoms with Crippen LogP contribution in [0.15, 0.2) is 52.3 Å². The van der Waals surface area contributed by atoms with Crippen LogP contribution in [0.25, 0.3) is 5.69 Å². The zero-order valence-corrected chi connectivity index (χ0v) is 17.3. The molecule has 0 bridgehead atoms. The summed E-state index contributed by atoms with van der Waals surface area (Å²) in [6.45, 7) is 8.33. The van der Waals surface area contributed by atoms with Gasteiger partial charge in [0.25, 0.3) is 5.91 Å². The molecule has 1 N–H and O–H groups in total. The van der Waals surface area contributed by atoms with E-state index in [-0.39, 0.29) is 5.91 Å². The third kappa shape index (κ3) is 3.71. The van der Waals surface area contributed by atoms with E-state index in [1.807, 2.05) is 6.92 Å². The number of amides is 1. The van der Waals surface area contributed by atoms with Crippen molar-refractivity contribution >= 4 is 28.1 Å². The van der Waals surface area contributed by atoms with Crippen LogP contribution in [0.4, 0.5) is 0 Å². The smallest absolute Gasteiger partial charge is 0.272 e. The van der Waals surface area contributed by atoms with Crippen LogP contribution in [0.1, 0.15) is 38.4 Å².